The lowest BCUT2D eigenvalue weighted by atomic mass is 9.84. The highest BCUT2D eigenvalue weighted by Crippen LogP contribution is 2.35. The van der Waals surface area contributed by atoms with Gasteiger partial charge in [-0.1, -0.05) is 24.3 Å². The van der Waals surface area contributed by atoms with E-state index in [0.29, 0.717) is 5.56 Å². The van der Waals surface area contributed by atoms with Crippen LogP contribution in [-0.4, -0.2) is 38.8 Å². The third-order valence-electron chi connectivity index (χ3n) is 5.94. The molecule has 2 aromatic carbocycles. The van der Waals surface area contributed by atoms with E-state index in [4.69, 9.17) is 0 Å². The fourth-order valence-corrected chi connectivity index (χ4v) is 4.44. The van der Waals surface area contributed by atoms with Gasteiger partial charge in [0, 0.05) is 37.2 Å². The second-order valence-electron chi connectivity index (χ2n) is 7.71. The average Bonchev–Trinajstić information content (AvgIpc) is 3.41. The monoisotopic (exact) mass is 396 g/mol. The molecule has 2 aliphatic rings. The maximum absolute atomic E-state index is 14.3. The lowest BCUT2D eigenvalue weighted by molar-refractivity contribution is 0.147. The van der Waals surface area contributed by atoms with Gasteiger partial charge in [-0.05, 0) is 30.2 Å². The van der Waals surface area contributed by atoms with Crippen molar-refractivity contribution in [1.82, 2.24) is 30.5 Å². The second kappa shape index (κ2) is 7.62. The zero-order valence-corrected chi connectivity index (χ0v) is 15.8. The molecule has 0 radical (unpaired) electrons. The Balaban J connectivity index is 1.29. The summed E-state index contributed by atoms with van der Waals surface area (Å²) in [5.74, 6) is -1.38. The van der Waals surface area contributed by atoms with Crippen molar-refractivity contribution in [1.29, 1.82) is 0 Å². The first-order chi connectivity index (χ1) is 14.2. The smallest absolute Gasteiger partial charge is 0.163 e. The lowest BCUT2D eigenvalue weighted by Gasteiger charge is -2.36. The lowest BCUT2D eigenvalue weighted by Crippen LogP contribution is -2.45. The summed E-state index contributed by atoms with van der Waals surface area (Å²) in [7, 11) is 0. The number of rotatable bonds is 4. The molecule has 0 bridgehead atoms. The molecular weight excluding hydrogens is 374 g/mol. The van der Waals surface area contributed by atoms with Crippen LogP contribution in [0.25, 0.3) is 5.69 Å². The van der Waals surface area contributed by atoms with Gasteiger partial charge in [0.15, 0.2) is 11.6 Å². The molecular formula is C21H22F2N6. The number of likely N-dealkylation sites (tertiary alicyclic amines) is 1. The zero-order valence-electron chi connectivity index (χ0n) is 15.8. The molecule has 2 N–H and O–H groups in total. The summed E-state index contributed by atoms with van der Waals surface area (Å²) >= 11 is 0. The fourth-order valence-electron chi connectivity index (χ4n) is 4.44. The molecule has 2 aliphatic heterocycles. The van der Waals surface area contributed by atoms with Crippen LogP contribution < -0.4 is 10.9 Å². The number of aromatic nitrogens is 3. The third kappa shape index (κ3) is 3.55. The highest BCUT2D eigenvalue weighted by Gasteiger charge is 2.41. The second-order valence-corrected chi connectivity index (χ2v) is 7.71. The molecule has 1 aromatic heterocycles. The van der Waals surface area contributed by atoms with Crippen molar-refractivity contribution in [2.75, 3.05) is 13.1 Å². The molecule has 5 rings (SSSR count). The number of hydrogen-bond donors (Lipinski definition) is 2. The first-order valence-corrected chi connectivity index (χ1v) is 9.80. The molecule has 29 heavy (non-hydrogen) atoms. The predicted molar refractivity (Wildman–Crippen MR) is 104 cm³/mol. The van der Waals surface area contributed by atoms with Crippen LogP contribution in [0.15, 0.2) is 55.1 Å². The Bertz CT molecular complexity index is 975. The summed E-state index contributed by atoms with van der Waals surface area (Å²) < 4.78 is 29.8. The molecule has 150 valence electrons. The van der Waals surface area contributed by atoms with Gasteiger partial charge in [-0.15, -0.1) is 0 Å². The van der Waals surface area contributed by atoms with E-state index in [1.54, 1.807) is 23.1 Å². The van der Waals surface area contributed by atoms with Gasteiger partial charge in [0.25, 0.3) is 0 Å². The van der Waals surface area contributed by atoms with Crippen LogP contribution in [0.3, 0.4) is 0 Å². The van der Waals surface area contributed by atoms with Crippen LogP contribution in [0.5, 0.6) is 0 Å². The van der Waals surface area contributed by atoms with Crippen LogP contribution in [0.1, 0.15) is 23.6 Å². The summed E-state index contributed by atoms with van der Waals surface area (Å²) in [6.45, 7) is 2.59. The van der Waals surface area contributed by atoms with Gasteiger partial charge in [0.05, 0.1) is 11.7 Å². The molecule has 3 unspecified atom stereocenters. The molecule has 8 heteroatoms. The van der Waals surface area contributed by atoms with Crippen LogP contribution in [-0.2, 0) is 6.54 Å². The number of halogens is 2. The quantitative estimate of drug-likeness (QED) is 0.710. The number of nitrogens with zero attached hydrogens (tertiary/aromatic N) is 4. The maximum Gasteiger partial charge on any atom is 0.163 e. The van der Waals surface area contributed by atoms with Gasteiger partial charge >= 0.3 is 0 Å². The largest absolute Gasteiger partial charge is 0.299 e. The Labute approximate surface area is 167 Å². The highest BCUT2D eigenvalue weighted by atomic mass is 19.2. The molecule has 0 saturated carbocycles. The topological polar surface area (TPSA) is 58.0 Å². The molecule has 6 nitrogen and oxygen atoms in total. The van der Waals surface area contributed by atoms with E-state index in [0.717, 1.165) is 37.8 Å². The minimum Gasteiger partial charge on any atom is -0.299 e. The van der Waals surface area contributed by atoms with Gasteiger partial charge in [-0.25, -0.2) is 23.9 Å². The zero-order chi connectivity index (χ0) is 19.8. The minimum absolute atomic E-state index is 0.175. The van der Waals surface area contributed by atoms with Crippen molar-refractivity contribution in [3.05, 3.63) is 77.9 Å². The van der Waals surface area contributed by atoms with E-state index in [1.807, 2.05) is 12.1 Å². The van der Waals surface area contributed by atoms with E-state index >= 15 is 0 Å². The highest BCUT2D eigenvalue weighted by molar-refractivity contribution is 5.33. The van der Waals surface area contributed by atoms with Crippen LogP contribution >= 0.6 is 0 Å². The average molecular weight is 396 g/mol. The molecule has 0 aliphatic carbocycles. The van der Waals surface area contributed by atoms with Crippen molar-refractivity contribution in [3.63, 3.8) is 0 Å². The SMILES string of the molecule is Fc1cccc(C2NNC3CCN(Cc4ccc(-n5cncn5)cc4)CC32)c1F. The van der Waals surface area contributed by atoms with E-state index in [-0.39, 0.29) is 18.0 Å². The van der Waals surface area contributed by atoms with E-state index in [9.17, 15) is 8.78 Å². The fraction of sp³-hybridized carbons (Fsp3) is 0.333. The number of piperidine rings is 1. The Kier molecular flexibility index (Phi) is 4.83. The summed E-state index contributed by atoms with van der Waals surface area (Å²) in [5.41, 5.74) is 9.04. The summed E-state index contributed by atoms with van der Waals surface area (Å²) in [6, 6.07) is 12.7. The molecule has 0 amide bonds. The van der Waals surface area contributed by atoms with Gasteiger partial charge in [0.1, 0.15) is 12.7 Å². The van der Waals surface area contributed by atoms with Gasteiger partial charge in [-0.2, -0.15) is 5.10 Å². The van der Waals surface area contributed by atoms with Gasteiger partial charge in [0.2, 0.25) is 0 Å². The maximum atomic E-state index is 14.3. The Morgan fingerprint density at radius 3 is 2.72 bits per heavy atom. The molecule has 3 aromatic rings. The summed E-state index contributed by atoms with van der Waals surface area (Å²) in [5, 5.41) is 4.14. The molecule has 3 heterocycles. The van der Waals surface area contributed by atoms with E-state index in [2.05, 4.69) is 38.0 Å². The molecule has 2 saturated heterocycles. The minimum atomic E-state index is -0.798. The Morgan fingerprint density at radius 2 is 1.93 bits per heavy atom. The molecule has 3 atom stereocenters. The number of hydrogen-bond acceptors (Lipinski definition) is 5. The first-order valence-electron chi connectivity index (χ1n) is 9.80. The van der Waals surface area contributed by atoms with Gasteiger partial charge < -0.3 is 0 Å². The van der Waals surface area contributed by atoms with E-state index in [1.165, 1.54) is 11.9 Å². The van der Waals surface area contributed by atoms with Crippen LogP contribution in [0.2, 0.25) is 0 Å². The van der Waals surface area contributed by atoms with Crippen molar-refractivity contribution in [2.45, 2.75) is 25.0 Å². The van der Waals surface area contributed by atoms with E-state index < -0.39 is 11.6 Å². The van der Waals surface area contributed by atoms with Crippen LogP contribution in [0.4, 0.5) is 8.78 Å². The number of hydrazine groups is 1. The Hall–Kier alpha value is -2.68. The van der Waals surface area contributed by atoms with Crippen molar-refractivity contribution in [3.8, 4) is 5.69 Å². The Morgan fingerprint density at radius 1 is 1.07 bits per heavy atom. The number of fused-ring (bicyclic) bond motifs is 1. The predicted octanol–water partition coefficient (Wildman–Crippen LogP) is 2.59. The molecule has 2 fully saturated rings. The van der Waals surface area contributed by atoms with Crippen LogP contribution in [0, 0.1) is 17.6 Å². The number of benzene rings is 2. The molecule has 0 spiro atoms. The third-order valence-corrected chi connectivity index (χ3v) is 5.94. The van der Waals surface area contributed by atoms with Crippen molar-refractivity contribution < 1.29 is 8.78 Å². The van der Waals surface area contributed by atoms with Gasteiger partial charge in [-0.3, -0.25) is 10.3 Å². The normalized spacial score (nSPS) is 24.6. The first kappa shape index (κ1) is 18.4. The van der Waals surface area contributed by atoms with Crippen molar-refractivity contribution >= 4 is 0 Å². The number of nitrogens with one attached hydrogen (secondary N) is 2. The summed E-state index contributed by atoms with van der Waals surface area (Å²) in [4.78, 5) is 6.35. The van der Waals surface area contributed by atoms with Crippen molar-refractivity contribution in [2.24, 2.45) is 5.92 Å². The standard InChI is InChI=1S/C21H22F2N6/c22-18-3-1-2-16(20(18)23)21-17-11-28(9-8-19(17)26-27-21)10-14-4-6-15(7-5-14)29-13-24-12-25-29/h1-7,12-13,17,19,21,26-27H,8-11H2. The summed E-state index contributed by atoms with van der Waals surface area (Å²) in [6.07, 6.45) is 4.15.